The van der Waals surface area contributed by atoms with Gasteiger partial charge in [0.2, 0.25) is 0 Å². The van der Waals surface area contributed by atoms with Crippen molar-refractivity contribution in [1.82, 2.24) is 0 Å². The van der Waals surface area contributed by atoms with E-state index in [1.807, 2.05) is 19.1 Å². The van der Waals surface area contributed by atoms with Gasteiger partial charge in [0, 0.05) is 11.1 Å². The average Bonchev–Trinajstić information content (AvgIpc) is 2.18. The molecule has 1 aliphatic rings. The van der Waals surface area contributed by atoms with E-state index in [0.717, 1.165) is 30.4 Å². The fourth-order valence-electron chi connectivity index (χ4n) is 2.10. The van der Waals surface area contributed by atoms with Gasteiger partial charge in [-0.05, 0) is 31.7 Å². The molecule has 1 saturated carbocycles. The Labute approximate surface area is 89.9 Å². The molecule has 1 aromatic rings. The lowest BCUT2D eigenvalue weighted by Crippen LogP contribution is -2.43. The van der Waals surface area contributed by atoms with Gasteiger partial charge in [-0.2, -0.15) is 0 Å². The molecule has 3 nitrogen and oxygen atoms in total. The number of phenolic OH excluding ortho intramolecular Hbond substituents is 1. The fourth-order valence-corrected chi connectivity index (χ4v) is 2.10. The number of methoxy groups -OCH3 is 1. The molecule has 0 radical (unpaired) electrons. The first-order valence-corrected chi connectivity index (χ1v) is 5.24. The van der Waals surface area contributed by atoms with E-state index in [0.29, 0.717) is 5.75 Å². The first kappa shape index (κ1) is 10.3. The first-order chi connectivity index (χ1) is 7.08. The van der Waals surface area contributed by atoms with Crippen molar-refractivity contribution in [3.63, 3.8) is 0 Å². The normalized spacial score (nSPS) is 18.3. The number of phenols is 1. The first-order valence-electron chi connectivity index (χ1n) is 5.24. The second-order valence-corrected chi connectivity index (χ2v) is 4.32. The number of aryl methyl sites for hydroxylation is 1. The van der Waals surface area contributed by atoms with Crippen LogP contribution in [0, 0.1) is 6.92 Å². The molecular formula is C12H17NO2. The van der Waals surface area contributed by atoms with Gasteiger partial charge in [-0.15, -0.1) is 0 Å². The largest absolute Gasteiger partial charge is 0.504 e. The highest BCUT2D eigenvalue weighted by Gasteiger charge is 2.37. The van der Waals surface area contributed by atoms with Crippen molar-refractivity contribution >= 4 is 0 Å². The van der Waals surface area contributed by atoms with Gasteiger partial charge >= 0.3 is 0 Å². The Balaban J connectivity index is 2.52. The van der Waals surface area contributed by atoms with Crippen molar-refractivity contribution in [3.8, 4) is 11.5 Å². The van der Waals surface area contributed by atoms with Crippen LogP contribution in [0.5, 0.6) is 11.5 Å². The molecule has 0 aliphatic heterocycles. The fraction of sp³-hybridized carbons (Fsp3) is 0.500. The predicted molar refractivity (Wildman–Crippen MR) is 59.1 cm³/mol. The van der Waals surface area contributed by atoms with E-state index in [-0.39, 0.29) is 11.3 Å². The number of ether oxygens (including phenoxy) is 1. The van der Waals surface area contributed by atoms with E-state index in [1.54, 1.807) is 7.11 Å². The lowest BCUT2D eigenvalue weighted by Gasteiger charge is -2.39. The molecule has 0 unspecified atom stereocenters. The van der Waals surface area contributed by atoms with Gasteiger partial charge in [0.05, 0.1) is 7.11 Å². The van der Waals surface area contributed by atoms with Gasteiger partial charge in [-0.3, -0.25) is 0 Å². The summed E-state index contributed by atoms with van der Waals surface area (Å²) >= 11 is 0. The van der Waals surface area contributed by atoms with Gasteiger partial charge < -0.3 is 15.6 Å². The van der Waals surface area contributed by atoms with Crippen LogP contribution in [0.3, 0.4) is 0 Å². The molecule has 3 N–H and O–H groups in total. The quantitative estimate of drug-likeness (QED) is 0.780. The van der Waals surface area contributed by atoms with Crippen molar-refractivity contribution in [3.05, 3.63) is 23.3 Å². The van der Waals surface area contributed by atoms with Gasteiger partial charge in [0.1, 0.15) is 0 Å². The maximum Gasteiger partial charge on any atom is 0.165 e. The second-order valence-electron chi connectivity index (χ2n) is 4.32. The van der Waals surface area contributed by atoms with Crippen molar-refractivity contribution in [1.29, 1.82) is 0 Å². The summed E-state index contributed by atoms with van der Waals surface area (Å²) < 4.78 is 5.25. The SMILES string of the molecule is COc1c(C2(N)CCC2)ccc(C)c1O. The molecule has 3 heteroatoms. The van der Waals surface area contributed by atoms with Crippen LogP contribution in [0.1, 0.15) is 30.4 Å². The zero-order chi connectivity index (χ0) is 11.1. The van der Waals surface area contributed by atoms with Gasteiger partial charge in [-0.1, -0.05) is 12.1 Å². The van der Waals surface area contributed by atoms with Crippen molar-refractivity contribution in [2.45, 2.75) is 31.7 Å². The molecule has 0 saturated heterocycles. The maximum absolute atomic E-state index is 9.88. The Hall–Kier alpha value is -1.22. The third-order valence-corrected chi connectivity index (χ3v) is 3.32. The molecule has 0 spiro atoms. The Bertz CT molecular complexity index is 383. The van der Waals surface area contributed by atoms with Crippen LogP contribution >= 0.6 is 0 Å². The van der Waals surface area contributed by atoms with E-state index < -0.39 is 0 Å². The highest BCUT2D eigenvalue weighted by atomic mass is 16.5. The third-order valence-electron chi connectivity index (χ3n) is 3.32. The molecule has 15 heavy (non-hydrogen) atoms. The minimum Gasteiger partial charge on any atom is -0.504 e. The van der Waals surface area contributed by atoms with E-state index >= 15 is 0 Å². The van der Waals surface area contributed by atoms with Gasteiger partial charge in [0.15, 0.2) is 11.5 Å². The van der Waals surface area contributed by atoms with Crippen LogP contribution < -0.4 is 10.5 Å². The Kier molecular flexibility index (Phi) is 2.35. The van der Waals surface area contributed by atoms with Crippen LogP contribution in [-0.4, -0.2) is 12.2 Å². The Morgan fingerprint density at radius 1 is 1.40 bits per heavy atom. The van der Waals surface area contributed by atoms with Gasteiger partial charge in [-0.25, -0.2) is 0 Å². The summed E-state index contributed by atoms with van der Waals surface area (Å²) in [4.78, 5) is 0. The smallest absolute Gasteiger partial charge is 0.165 e. The van der Waals surface area contributed by atoms with E-state index in [9.17, 15) is 5.11 Å². The molecule has 0 amide bonds. The zero-order valence-corrected chi connectivity index (χ0v) is 9.21. The Morgan fingerprint density at radius 2 is 2.07 bits per heavy atom. The molecule has 0 bridgehead atoms. The Morgan fingerprint density at radius 3 is 2.53 bits per heavy atom. The summed E-state index contributed by atoms with van der Waals surface area (Å²) in [7, 11) is 1.57. The zero-order valence-electron chi connectivity index (χ0n) is 9.21. The standard InChI is InChI=1S/C12H17NO2/c1-8-4-5-9(11(15-2)10(8)14)12(13)6-3-7-12/h4-5,14H,3,6-7,13H2,1-2H3. The number of benzene rings is 1. The van der Waals surface area contributed by atoms with Crippen molar-refractivity contribution in [2.75, 3.05) is 7.11 Å². The van der Waals surface area contributed by atoms with Crippen LogP contribution in [0.15, 0.2) is 12.1 Å². The number of nitrogens with two attached hydrogens (primary N) is 1. The summed E-state index contributed by atoms with van der Waals surface area (Å²) in [6.07, 6.45) is 3.08. The molecule has 0 heterocycles. The van der Waals surface area contributed by atoms with Crippen LogP contribution in [-0.2, 0) is 5.54 Å². The molecule has 2 rings (SSSR count). The predicted octanol–water partition coefficient (Wildman–Crippen LogP) is 2.05. The highest BCUT2D eigenvalue weighted by molar-refractivity contribution is 5.53. The van der Waals surface area contributed by atoms with Crippen LogP contribution in [0.25, 0.3) is 0 Å². The van der Waals surface area contributed by atoms with E-state index in [2.05, 4.69) is 0 Å². The average molecular weight is 207 g/mol. The summed E-state index contributed by atoms with van der Waals surface area (Å²) in [5.74, 6) is 0.754. The maximum atomic E-state index is 9.88. The number of rotatable bonds is 2. The molecule has 0 aromatic heterocycles. The molecular weight excluding hydrogens is 190 g/mol. The third kappa shape index (κ3) is 1.47. The lowest BCUT2D eigenvalue weighted by atomic mass is 9.72. The van der Waals surface area contributed by atoms with Crippen LogP contribution in [0.4, 0.5) is 0 Å². The molecule has 82 valence electrons. The minimum absolute atomic E-state index is 0.215. The summed E-state index contributed by atoms with van der Waals surface area (Å²) in [6.45, 7) is 1.85. The monoisotopic (exact) mass is 207 g/mol. The van der Waals surface area contributed by atoms with Crippen molar-refractivity contribution < 1.29 is 9.84 Å². The highest BCUT2D eigenvalue weighted by Crippen LogP contribution is 2.46. The van der Waals surface area contributed by atoms with E-state index in [4.69, 9.17) is 10.5 Å². The van der Waals surface area contributed by atoms with Crippen LogP contribution in [0.2, 0.25) is 0 Å². The number of hydrogen-bond acceptors (Lipinski definition) is 3. The van der Waals surface area contributed by atoms with E-state index in [1.165, 1.54) is 0 Å². The molecule has 1 fully saturated rings. The topological polar surface area (TPSA) is 55.5 Å². The number of hydrogen-bond donors (Lipinski definition) is 2. The molecule has 0 atom stereocenters. The van der Waals surface area contributed by atoms with Crippen molar-refractivity contribution in [2.24, 2.45) is 5.73 Å². The summed E-state index contributed by atoms with van der Waals surface area (Å²) in [5.41, 5.74) is 7.68. The molecule has 1 aliphatic carbocycles. The molecule has 1 aromatic carbocycles. The second kappa shape index (κ2) is 3.42. The lowest BCUT2D eigenvalue weighted by molar-refractivity contribution is 0.241. The number of aromatic hydroxyl groups is 1. The summed E-state index contributed by atoms with van der Waals surface area (Å²) in [6, 6.07) is 3.85. The summed E-state index contributed by atoms with van der Waals surface area (Å²) in [5, 5.41) is 9.88. The minimum atomic E-state index is -0.295. The van der Waals surface area contributed by atoms with Gasteiger partial charge in [0.25, 0.3) is 0 Å².